The minimum Gasteiger partial charge on any atom is -0.481 e. The van der Waals surface area contributed by atoms with Crippen LogP contribution in [0.4, 0.5) is 4.79 Å². The van der Waals surface area contributed by atoms with E-state index in [1.54, 1.807) is 7.05 Å². The lowest BCUT2D eigenvalue weighted by Crippen LogP contribution is -2.48. The molecular weight excluding hydrogens is 284 g/mol. The molecule has 0 aromatic heterocycles. The van der Waals surface area contributed by atoms with Crippen molar-refractivity contribution in [3.05, 3.63) is 0 Å². The maximum Gasteiger partial charge on any atom is 0.317 e. The number of nitrogens with one attached hydrogen (secondary N) is 1. The Morgan fingerprint density at radius 2 is 2.00 bits per heavy atom. The zero-order valence-electron chi connectivity index (χ0n) is 11.4. The van der Waals surface area contributed by atoms with Crippen molar-refractivity contribution in [2.24, 2.45) is 5.92 Å². The molecule has 20 heavy (non-hydrogen) atoms. The molecule has 0 aromatic carbocycles. The fourth-order valence-electron chi connectivity index (χ4n) is 2.53. The Morgan fingerprint density at radius 3 is 2.45 bits per heavy atom. The molecule has 1 saturated carbocycles. The van der Waals surface area contributed by atoms with Crippen molar-refractivity contribution in [1.29, 1.82) is 0 Å². The molecular formula is C12H20N2O5S. The van der Waals surface area contributed by atoms with Gasteiger partial charge in [0.05, 0.1) is 17.9 Å². The highest BCUT2D eigenvalue weighted by atomic mass is 32.2. The van der Waals surface area contributed by atoms with Crippen LogP contribution < -0.4 is 5.32 Å². The fourth-order valence-corrected chi connectivity index (χ4v) is 4.30. The smallest absolute Gasteiger partial charge is 0.317 e. The Morgan fingerprint density at radius 1 is 1.35 bits per heavy atom. The summed E-state index contributed by atoms with van der Waals surface area (Å²) in [5, 5.41) is 11.6. The molecule has 114 valence electrons. The van der Waals surface area contributed by atoms with E-state index >= 15 is 0 Å². The summed E-state index contributed by atoms with van der Waals surface area (Å²) in [5.74, 6) is -0.607. The lowest BCUT2D eigenvalue weighted by atomic mass is 10.1. The summed E-state index contributed by atoms with van der Waals surface area (Å²) in [5.41, 5.74) is 0. The molecule has 2 unspecified atom stereocenters. The van der Waals surface area contributed by atoms with Gasteiger partial charge in [-0.2, -0.15) is 0 Å². The summed E-state index contributed by atoms with van der Waals surface area (Å²) in [4.78, 5) is 24.3. The minimum absolute atomic E-state index is 0.00997. The SMILES string of the molecule is CN(C(=O)NC(CC(=O)O)C1CC1)C1CCS(=O)(=O)C1. The normalized spacial score (nSPS) is 25.9. The van der Waals surface area contributed by atoms with E-state index in [-0.39, 0.29) is 42.0 Å². The van der Waals surface area contributed by atoms with Crippen LogP contribution in [0.3, 0.4) is 0 Å². The topological polar surface area (TPSA) is 104 Å². The van der Waals surface area contributed by atoms with Crippen molar-refractivity contribution in [3.8, 4) is 0 Å². The van der Waals surface area contributed by atoms with Crippen molar-refractivity contribution in [3.63, 3.8) is 0 Å². The Labute approximate surface area is 118 Å². The summed E-state index contributed by atoms with van der Waals surface area (Å²) in [6, 6.07) is -1.06. The first-order chi connectivity index (χ1) is 9.28. The van der Waals surface area contributed by atoms with Crippen LogP contribution in [0, 0.1) is 5.92 Å². The van der Waals surface area contributed by atoms with Crippen molar-refractivity contribution >= 4 is 21.8 Å². The first-order valence-electron chi connectivity index (χ1n) is 6.74. The van der Waals surface area contributed by atoms with Crippen LogP contribution in [-0.4, -0.2) is 61.1 Å². The van der Waals surface area contributed by atoms with Crippen molar-refractivity contribution in [1.82, 2.24) is 10.2 Å². The predicted octanol–water partition coefficient (Wildman–Crippen LogP) is 0.0682. The van der Waals surface area contributed by atoms with Crippen molar-refractivity contribution in [2.45, 2.75) is 37.8 Å². The number of carboxylic acid groups (broad SMARTS) is 1. The number of urea groups is 1. The van der Waals surface area contributed by atoms with E-state index in [9.17, 15) is 18.0 Å². The maximum atomic E-state index is 12.1. The first-order valence-corrected chi connectivity index (χ1v) is 8.56. The van der Waals surface area contributed by atoms with Gasteiger partial charge in [0.25, 0.3) is 0 Å². The molecule has 0 aromatic rings. The van der Waals surface area contributed by atoms with Crippen molar-refractivity contribution in [2.75, 3.05) is 18.6 Å². The van der Waals surface area contributed by atoms with Crippen LogP contribution in [0.25, 0.3) is 0 Å². The van der Waals surface area contributed by atoms with Crippen LogP contribution in [0.1, 0.15) is 25.7 Å². The third-order valence-corrected chi connectivity index (χ3v) is 5.72. The molecule has 0 radical (unpaired) electrons. The molecule has 1 aliphatic heterocycles. The van der Waals surface area contributed by atoms with Gasteiger partial charge in [0.15, 0.2) is 9.84 Å². The van der Waals surface area contributed by atoms with E-state index in [0.717, 1.165) is 12.8 Å². The number of sulfone groups is 1. The molecule has 0 spiro atoms. The summed E-state index contributed by atoms with van der Waals surface area (Å²) >= 11 is 0. The molecule has 2 fully saturated rings. The molecule has 0 bridgehead atoms. The van der Waals surface area contributed by atoms with E-state index in [0.29, 0.717) is 6.42 Å². The monoisotopic (exact) mass is 304 g/mol. The Kier molecular flexibility index (Phi) is 4.22. The van der Waals surface area contributed by atoms with E-state index in [1.165, 1.54) is 4.90 Å². The lowest BCUT2D eigenvalue weighted by Gasteiger charge is -2.26. The average Bonchev–Trinajstić information content (AvgIpc) is 3.11. The molecule has 2 aliphatic rings. The number of rotatable bonds is 5. The lowest BCUT2D eigenvalue weighted by molar-refractivity contribution is -0.137. The summed E-state index contributed by atoms with van der Waals surface area (Å²) in [6.45, 7) is 0. The van der Waals surface area contributed by atoms with Crippen LogP contribution >= 0.6 is 0 Å². The number of nitrogens with zero attached hydrogens (tertiary/aromatic N) is 1. The molecule has 1 saturated heterocycles. The minimum atomic E-state index is -3.04. The van der Waals surface area contributed by atoms with Gasteiger partial charge >= 0.3 is 12.0 Å². The van der Waals surface area contributed by atoms with E-state index in [2.05, 4.69) is 5.32 Å². The molecule has 8 heteroatoms. The maximum absolute atomic E-state index is 12.1. The van der Waals surface area contributed by atoms with Crippen LogP contribution in [0.5, 0.6) is 0 Å². The number of amides is 2. The second-order valence-corrected chi connectivity index (χ2v) is 7.89. The van der Waals surface area contributed by atoms with Gasteiger partial charge in [0.2, 0.25) is 0 Å². The van der Waals surface area contributed by atoms with Crippen LogP contribution in [-0.2, 0) is 14.6 Å². The number of hydrogen-bond donors (Lipinski definition) is 2. The average molecular weight is 304 g/mol. The Hall–Kier alpha value is -1.31. The second kappa shape index (κ2) is 5.59. The zero-order valence-corrected chi connectivity index (χ0v) is 12.2. The summed E-state index contributed by atoms with van der Waals surface area (Å²) in [7, 11) is -1.48. The van der Waals surface area contributed by atoms with E-state index in [1.807, 2.05) is 0 Å². The van der Waals surface area contributed by atoms with Crippen LogP contribution in [0.2, 0.25) is 0 Å². The molecule has 1 aliphatic carbocycles. The van der Waals surface area contributed by atoms with Gasteiger partial charge in [-0.15, -0.1) is 0 Å². The van der Waals surface area contributed by atoms with Gasteiger partial charge in [-0.1, -0.05) is 0 Å². The van der Waals surface area contributed by atoms with Gasteiger partial charge in [-0.3, -0.25) is 4.79 Å². The molecule has 2 rings (SSSR count). The number of carbonyl (C=O) groups excluding carboxylic acids is 1. The second-order valence-electron chi connectivity index (χ2n) is 5.66. The summed E-state index contributed by atoms with van der Waals surface area (Å²) < 4.78 is 22.8. The van der Waals surface area contributed by atoms with Crippen molar-refractivity contribution < 1.29 is 23.1 Å². The number of hydrogen-bond acceptors (Lipinski definition) is 4. The quantitative estimate of drug-likeness (QED) is 0.748. The predicted molar refractivity (Wildman–Crippen MR) is 72.1 cm³/mol. The summed E-state index contributed by atoms with van der Waals surface area (Å²) in [6.07, 6.45) is 2.21. The van der Waals surface area contributed by atoms with E-state index in [4.69, 9.17) is 5.11 Å². The Bertz CT molecular complexity index is 500. The third-order valence-electron chi connectivity index (χ3n) is 3.97. The van der Waals surface area contributed by atoms with Gasteiger partial charge in [0, 0.05) is 19.1 Å². The highest BCUT2D eigenvalue weighted by Crippen LogP contribution is 2.34. The molecule has 1 heterocycles. The van der Waals surface area contributed by atoms with Gasteiger partial charge in [-0.05, 0) is 25.2 Å². The Balaban J connectivity index is 1.91. The third kappa shape index (κ3) is 3.84. The first kappa shape index (κ1) is 15.1. The van der Waals surface area contributed by atoms with Gasteiger partial charge in [0.1, 0.15) is 0 Å². The highest BCUT2D eigenvalue weighted by molar-refractivity contribution is 7.91. The molecule has 2 atom stereocenters. The molecule has 2 amide bonds. The van der Waals surface area contributed by atoms with Gasteiger partial charge in [-0.25, -0.2) is 13.2 Å². The van der Waals surface area contributed by atoms with E-state index < -0.39 is 15.8 Å². The fraction of sp³-hybridized carbons (Fsp3) is 0.833. The van der Waals surface area contributed by atoms with Crippen LogP contribution in [0.15, 0.2) is 0 Å². The zero-order chi connectivity index (χ0) is 14.9. The number of carboxylic acids is 1. The standard InChI is InChI=1S/C12H20N2O5S/c1-14(9-4-5-20(18,19)7-9)12(17)13-10(6-11(15)16)8-2-3-8/h8-10H,2-7H2,1H3,(H,13,17)(H,15,16). The number of aliphatic carboxylic acids is 1. The number of carbonyl (C=O) groups is 2. The largest absolute Gasteiger partial charge is 0.481 e. The highest BCUT2D eigenvalue weighted by Gasteiger charge is 2.37. The van der Waals surface area contributed by atoms with Gasteiger partial charge < -0.3 is 15.3 Å². The molecule has 2 N–H and O–H groups in total. The molecule has 7 nitrogen and oxygen atoms in total.